The van der Waals surface area contributed by atoms with E-state index in [4.69, 9.17) is 0 Å². The summed E-state index contributed by atoms with van der Waals surface area (Å²) in [5.74, 6) is 0.195. The Morgan fingerprint density at radius 1 is 0.923 bits per heavy atom. The van der Waals surface area contributed by atoms with Gasteiger partial charge in [0.25, 0.3) is 0 Å². The number of amides is 1. The summed E-state index contributed by atoms with van der Waals surface area (Å²) >= 11 is 4.32. The van der Waals surface area contributed by atoms with Crippen LogP contribution >= 0.6 is 20.8 Å². The minimum atomic E-state index is -2.20. The number of nitrogens with one attached hydrogen (secondary N) is 1. The summed E-state index contributed by atoms with van der Waals surface area (Å²) in [6, 6.07) is 6.19. The molecule has 0 radical (unpaired) electrons. The molecule has 0 saturated carbocycles. The Balaban J connectivity index is 3.06. The molecule has 4 heteroatoms. The van der Waals surface area contributed by atoms with E-state index in [1.807, 2.05) is 0 Å². The molecular weight excluding hydrogens is 405 g/mol. The molecule has 0 aliphatic carbocycles. The van der Waals surface area contributed by atoms with Crippen LogP contribution in [-0.4, -0.2) is 30.6 Å². The third-order valence-corrected chi connectivity index (χ3v) is 14.8. The van der Waals surface area contributed by atoms with E-state index in [2.05, 4.69) is 73.6 Å². The molecule has 0 saturated heterocycles. The molecular formula is C22H39BrNOP. The molecule has 0 aliphatic heterocycles. The fraction of sp³-hybridized carbons (Fsp3) is 0.682. The summed E-state index contributed by atoms with van der Waals surface area (Å²) in [4.78, 5) is 13.1. The van der Waals surface area contributed by atoms with Gasteiger partial charge in [0.05, 0.1) is 0 Å². The van der Waals surface area contributed by atoms with Gasteiger partial charge in [-0.05, 0) is 0 Å². The van der Waals surface area contributed by atoms with Crippen LogP contribution in [0.1, 0.15) is 70.4 Å². The average Bonchev–Trinajstić information content (AvgIpc) is 2.60. The predicted octanol–water partition coefficient (Wildman–Crippen LogP) is 7.51. The number of unbranched alkanes of at least 4 members (excludes halogenated alkanes) is 3. The zero-order valence-electron chi connectivity index (χ0n) is 17.5. The van der Waals surface area contributed by atoms with E-state index in [0.29, 0.717) is 6.16 Å². The fourth-order valence-corrected chi connectivity index (χ4v) is 12.0. The van der Waals surface area contributed by atoms with Crippen molar-refractivity contribution in [1.82, 2.24) is 0 Å². The number of rotatable bonds is 12. The van der Waals surface area contributed by atoms with Gasteiger partial charge in [0, 0.05) is 0 Å². The average molecular weight is 444 g/mol. The summed E-state index contributed by atoms with van der Waals surface area (Å²) in [7, 11) is 0. The fourth-order valence-electron chi connectivity index (χ4n) is 3.78. The topological polar surface area (TPSA) is 29.1 Å². The van der Waals surface area contributed by atoms with E-state index in [0.717, 1.165) is 16.8 Å². The van der Waals surface area contributed by atoms with E-state index >= 15 is 0 Å². The molecule has 1 N–H and O–H groups in total. The van der Waals surface area contributed by atoms with Crippen molar-refractivity contribution in [1.29, 1.82) is 0 Å². The molecule has 150 valence electrons. The van der Waals surface area contributed by atoms with E-state index in [9.17, 15) is 4.79 Å². The number of hydrogen-bond donors (Lipinski definition) is 1. The second-order valence-electron chi connectivity index (χ2n) is 8.02. The molecule has 0 bridgehead atoms. The number of carbonyl (C=O) groups excluding carboxylic acids is 1. The molecule has 0 fully saturated rings. The number of benzene rings is 1. The molecule has 0 heterocycles. The number of halogens is 1. The van der Waals surface area contributed by atoms with Gasteiger partial charge in [0.1, 0.15) is 0 Å². The van der Waals surface area contributed by atoms with E-state index in [1.54, 1.807) is 0 Å². The van der Waals surface area contributed by atoms with E-state index in [-0.39, 0.29) is 5.91 Å². The Morgan fingerprint density at radius 2 is 1.35 bits per heavy atom. The second-order valence-corrected chi connectivity index (χ2v) is 19.3. The van der Waals surface area contributed by atoms with Crippen molar-refractivity contribution < 1.29 is 4.79 Å². The summed E-state index contributed by atoms with van der Waals surface area (Å²) in [6.07, 6.45) is 11.5. The second kappa shape index (κ2) is 10.8. The molecule has 0 unspecified atom stereocenters. The first kappa shape index (κ1) is 23.6. The SMILES string of the molecule is CCCCP(Br)(CCCC)(CCCC)CC(=O)Nc1c(C)cccc1C. The van der Waals surface area contributed by atoms with Gasteiger partial charge in [0.15, 0.2) is 0 Å². The monoisotopic (exact) mass is 443 g/mol. The number of para-hydroxylation sites is 1. The summed E-state index contributed by atoms with van der Waals surface area (Å²) in [6.45, 7) is 10.9. The van der Waals surface area contributed by atoms with E-state index < -0.39 is 5.31 Å². The van der Waals surface area contributed by atoms with Crippen LogP contribution < -0.4 is 5.32 Å². The van der Waals surface area contributed by atoms with Crippen molar-refractivity contribution >= 4 is 32.4 Å². The molecule has 0 aliphatic rings. The maximum atomic E-state index is 13.1. The van der Waals surface area contributed by atoms with Crippen LogP contribution in [0, 0.1) is 13.8 Å². The van der Waals surface area contributed by atoms with Crippen molar-refractivity contribution in [2.45, 2.75) is 73.1 Å². The molecule has 26 heavy (non-hydrogen) atoms. The number of hydrogen-bond acceptors (Lipinski definition) is 1. The van der Waals surface area contributed by atoms with Gasteiger partial charge in [0.2, 0.25) is 0 Å². The van der Waals surface area contributed by atoms with Crippen molar-refractivity contribution in [3.8, 4) is 0 Å². The van der Waals surface area contributed by atoms with Crippen molar-refractivity contribution in [2.75, 3.05) is 30.0 Å². The molecule has 0 aromatic heterocycles. The normalized spacial score (nSPS) is 13.2. The Morgan fingerprint density at radius 3 is 1.73 bits per heavy atom. The standard InChI is InChI=1S/C22H39BrNOP/c1-6-9-15-26(23,16-10-7-2,17-11-8-3)18-21(25)24-22-19(4)13-12-14-20(22)5/h12-14H,6-11,15-18H2,1-5H3,(H,24,25). The molecule has 2 nitrogen and oxygen atoms in total. The van der Waals surface area contributed by atoms with Gasteiger partial charge in [-0.15, -0.1) is 0 Å². The van der Waals surface area contributed by atoms with Crippen molar-refractivity contribution in [3.05, 3.63) is 29.3 Å². The van der Waals surface area contributed by atoms with Gasteiger partial charge >= 0.3 is 170 Å². The summed E-state index contributed by atoms with van der Waals surface area (Å²) in [5, 5.41) is 1.05. The quantitative estimate of drug-likeness (QED) is 0.332. The van der Waals surface area contributed by atoms with Gasteiger partial charge in [-0.2, -0.15) is 0 Å². The van der Waals surface area contributed by atoms with Crippen molar-refractivity contribution in [3.63, 3.8) is 0 Å². The van der Waals surface area contributed by atoms with Gasteiger partial charge in [-0.25, -0.2) is 0 Å². The molecule has 0 spiro atoms. The minimum absolute atomic E-state index is 0.195. The third-order valence-electron chi connectivity index (χ3n) is 5.50. The van der Waals surface area contributed by atoms with Gasteiger partial charge in [-0.3, -0.25) is 0 Å². The van der Waals surface area contributed by atoms with Crippen molar-refractivity contribution in [2.24, 2.45) is 0 Å². The number of aryl methyl sites for hydroxylation is 2. The van der Waals surface area contributed by atoms with Gasteiger partial charge in [-0.1, -0.05) is 0 Å². The van der Waals surface area contributed by atoms with Crippen LogP contribution in [0.4, 0.5) is 5.69 Å². The van der Waals surface area contributed by atoms with Crippen LogP contribution in [0.15, 0.2) is 18.2 Å². The summed E-state index contributed by atoms with van der Waals surface area (Å²) < 4.78 is 0. The molecule has 1 rings (SSSR count). The van der Waals surface area contributed by atoms with E-state index in [1.165, 1.54) is 57.0 Å². The molecule has 1 amide bonds. The van der Waals surface area contributed by atoms with Crippen LogP contribution in [0.5, 0.6) is 0 Å². The Hall–Kier alpha value is -0.400. The van der Waals surface area contributed by atoms with Crippen LogP contribution in [0.3, 0.4) is 0 Å². The summed E-state index contributed by atoms with van der Waals surface area (Å²) in [5.41, 5.74) is 3.28. The van der Waals surface area contributed by atoms with Crippen LogP contribution in [-0.2, 0) is 4.79 Å². The number of anilines is 1. The Bertz CT molecular complexity index is 543. The zero-order valence-corrected chi connectivity index (χ0v) is 20.0. The molecule has 1 aromatic rings. The maximum absolute atomic E-state index is 13.1. The molecule has 1 aromatic carbocycles. The molecule has 0 atom stereocenters. The zero-order chi connectivity index (χ0) is 19.7. The third kappa shape index (κ3) is 6.97. The number of carbonyl (C=O) groups is 1. The van der Waals surface area contributed by atoms with Crippen LogP contribution in [0.2, 0.25) is 0 Å². The Kier molecular flexibility index (Phi) is 9.83. The predicted molar refractivity (Wildman–Crippen MR) is 125 cm³/mol. The van der Waals surface area contributed by atoms with Gasteiger partial charge < -0.3 is 0 Å². The Labute approximate surface area is 169 Å². The first-order valence-corrected chi connectivity index (χ1v) is 15.4. The first-order valence-electron chi connectivity index (χ1n) is 10.4. The van der Waals surface area contributed by atoms with Crippen LogP contribution in [0.25, 0.3) is 0 Å². The first-order chi connectivity index (χ1) is 12.3.